The highest BCUT2D eigenvalue weighted by Gasteiger charge is 2.25. The molecule has 0 saturated carbocycles. The van der Waals surface area contributed by atoms with Gasteiger partial charge in [0.05, 0.1) is 19.8 Å². The summed E-state index contributed by atoms with van der Waals surface area (Å²) in [5.74, 6) is 1.66. The number of ether oxygens (including phenoxy) is 2. The first-order chi connectivity index (χ1) is 16.0. The number of carbonyl (C=O) groups excluding carboxylic acids is 2. The van der Waals surface area contributed by atoms with E-state index in [9.17, 15) is 9.59 Å². The zero-order valence-electron chi connectivity index (χ0n) is 19.5. The fraction of sp³-hybridized carbons (Fsp3) is 0.333. The molecule has 1 amide bonds. The Labute approximate surface area is 194 Å². The first-order valence-corrected chi connectivity index (χ1v) is 11.2. The minimum Gasteiger partial charge on any atom is -0.497 e. The molecule has 6 nitrogen and oxygen atoms in total. The second-order valence-corrected chi connectivity index (χ2v) is 7.83. The third-order valence-corrected chi connectivity index (χ3v) is 5.55. The maximum atomic E-state index is 13.2. The van der Waals surface area contributed by atoms with E-state index in [0.29, 0.717) is 30.0 Å². The molecule has 0 atom stereocenters. The van der Waals surface area contributed by atoms with Gasteiger partial charge in [-0.1, -0.05) is 55.3 Å². The molecule has 0 spiro atoms. The zero-order chi connectivity index (χ0) is 23.6. The van der Waals surface area contributed by atoms with E-state index >= 15 is 0 Å². The number of hydrogen-bond donors (Lipinski definition) is 1. The van der Waals surface area contributed by atoms with Gasteiger partial charge >= 0.3 is 5.97 Å². The van der Waals surface area contributed by atoms with E-state index in [0.717, 1.165) is 48.1 Å². The van der Waals surface area contributed by atoms with E-state index in [1.165, 1.54) is 7.11 Å². The van der Waals surface area contributed by atoms with E-state index in [1.807, 2.05) is 61.5 Å². The molecule has 0 saturated heterocycles. The van der Waals surface area contributed by atoms with Crippen LogP contribution in [0.15, 0.2) is 59.0 Å². The SMILES string of the molecule is COC(=O)CCCCCCNC(=O)c1c(C)oc(-c2ccccc2)c1-c1ccc(OC)cc1. The Morgan fingerprint density at radius 1 is 0.879 bits per heavy atom. The van der Waals surface area contributed by atoms with Crippen LogP contribution < -0.4 is 10.1 Å². The average Bonchev–Trinajstić information content (AvgIpc) is 3.20. The largest absolute Gasteiger partial charge is 0.497 e. The van der Waals surface area contributed by atoms with Gasteiger partial charge < -0.3 is 19.2 Å². The van der Waals surface area contributed by atoms with Gasteiger partial charge in [0.15, 0.2) is 0 Å². The minimum atomic E-state index is -0.181. The molecule has 6 heteroatoms. The highest BCUT2D eigenvalue weighted by atomic mass is 16.5. The number of aryl methyl sites for hydroxylation is 1. The van der Waals surface area contributed by atoms with Crippen molar-refractivity contribution < 1.29 is 23.5 Å². The number of carbonyl (C=O) groups is 2. The van der Waals surface area contributed by atoms with Crippen LogP contribution in [0.4, 0.5) is 0 Å². The molecule has 174 valence electrons. The van der Waals surface area contributed by atoms with Crippen LogP contribution in [0, 0.1) is 6.92 Å². The van der Waals surface area contributed by atoms with Crippen LogP contribution in [0.1, 0.15) is 48.2 Å². The first kappa shape index (κ1) is 24.1. The molecule has 0 aliphatic carbocycles. The fourth-order valence-electron chi connectivity index (χ4n) is 3.78. The van der Waals surface area contributed by atoms with Crippen LogP contribution in [0.2, 0.25) is 0 Å². The van der Waals surface area contributed by atoms with E-state index in [-0.39, 0.29) is 11.9 Å². The van der Waals surface area contributed by atoms with E-state index in [1.54, 1.807) is 7.11 Å². The Hall–Kier alpha value is -3.54. The van der Waals surface area contributed by atoms with Gasteiger partial charge in [0.1, 0.15) is 17.3 Å². The Bertz CT molecular complexity index is 1050. The van der Waals surface area contributed by atoms with Crippen molar-refractivity contribution in [3.63, 3.8) is 0 Å². The average molecular weight is 450 g/mol. The first-order valence-electron chi connectivity index (χ1n) is 11.2. The molecule has 0 aliphatic heterocycles. The fourth-order valence-corrected chi connectivity index (χ4v) is 3.78. The summed E-state index contributed by atoms with van der Waals surface area (Å²) in [5.41, 5.74) is 3.12. The summed E-state index contributed by atoms with van der Waals surface area (Å²) in [6.07, 6.45) is 3.93. The summed E-state index contributed by atoms with van der Waals surface area (Å²) in [5, 5.41) is 3.03. The highest BCUT2D eigenvalue weighted by molar-refractivity contribution is 6.05. The zero-order valence-corrected chi connectivity index (χ0v) is 19.5. The van der Waals surface area contributed by atoms with Crippen molar-refractivity contribution in [3.05, 3.63) is 65.9 Å². The smallest absolute Gasteiger partial charge is 0.305 e. The summed E-state index contributed by atoms with van der Waals surface area (Å²) in [4.78, 5) is 24.4. The van der Waals surface area contributed by atoms with Crippen molar-refractivity contribution in [1.29, 1.82) is 0 Å². The molecular weight excluding hydrogens is 418 g/mol. The van der Waals surface area contributed by atoms with Gasteiger partial charge in [-0.2, -0.15) is 0 Å². The summed E-state index contributed by atoms with van der Waals surface area (Å²) in [6, 6.07) is 17.4. The quantitative estimate of drug-likeness (QED) is 0.296. The molecule has 33 heavy (non-hydrogen) atoms. The summed E-state index contributed by atoms with van der Waals surface area (Å²) >= 11 is 0. The number of methoxy groups -OCH3 is 2. The summed E-state index contributed by atoms with van der Waals surface area (Å²) in [6.45, 7) is 2.38. The molecule has 1 N–H and O–H groups in total. The molecule has 3 rings (SSSR count). The molecule has 1 heterocycles. The lowest BCUT2D eigenvalue weighted by Crippen LogP contribution is -2.25. The highest BCUT2D eigenvalue weighted by Crippen LogP contribution is 2.39. The Morgan fingerprint density at radius 3 is 2.24 bits per heavy atom. The van der Waals surface area contributed by atoms with Crippen molar-refractivity contribution in [1.82, 2.24) is 5.32 Å². The summed E-state index contributed by atoms with van der Waals surface area (Å²) in [7, 11) is 3.03. The van der Waals surface area contributed by atoms with Crippen LogP contribution in [0.3, 0.4) is 0 Å². The van der Waals surface area contributed by atoms with Crippen LogP contribution in [0.25, 0.3) is 22.5 Å². The predicted molar refractivity (Wildman–Crippen MR) is 128 cm³/mol. The van der Waals surface area contributed by atoms with Crippen molar-refractivity contribution >= 4 is 11.9 Å². The maximum absolute atomic E-state index is 13.2. The number of rotatable bonds is 11. The third kappa shape index (κ3) is 6.25. The Kier molecular flexibility index (Phi) is 8.70. The Balaban J connectivity index is 1.76. The van der Waals surface area contributed by atoms with Crippen LogP contribution in [-0.2, 0) is 9.53 Å². The van der Waals surface area contributed by atoms with Gasteiger partial charge in [-0.15, -0.1) is 0 Å². The Morgan fingerprint density at radius 2 is 1.58 bits per heavy atom. The van der Waals surface area contributed by atoms with Gasteiger partial charge in [-0.05, 0) is 37.5 Å². The van der Waals surface area contributed by atoms with Crippen molar-refractivity contribution in [2.24, 2.45) is 0 Å². The number of unbranched alkanes of at least 4 members (excludes halogenated alkanes) is 3. The monoisotopic (exact) mass is 449 g/mol. The molecule has 3 aromatic rings. The number of benzene rings is 2. The minimum absolute atomic E-state index is 0.154. The van der Waals surface area contributed by atoms with Gasteiger partial charge in [0, 0.05) is 24.1 Å². The van der Waals surface area contributed by atoms with Gasteiger partial charge in [-0.25, -0.2) is 0 Å². The molecule has 1 aromatic heterocycles. The lowest BCUT2D eigenvalue weighted by Gasteiger charge is -2.09. The van der Waals surface area contributed by atoms with Crippen molar-refractivity contribution in [2.45, 2.75) is 39.0 Å². The lowest BCUT2D eigenvalue weighted by atomic mass is 9.96. The van der Waals surface area contributed by atoms with Crippen LogP contribution in [0.5, 0.6) is 5.75 Å². The lowest BCUT2D eigenvalue weighted by molar-refractivity contribution is -0.140. The molecule has 0 fully saturated rings. The molecule has 0 radical (unpaired) electrons. The molecule has 0 bridgehead atoms. The topological polar surface area (TPSA) is 77.8 Å². The van der Waals surface area contributed by atoms with E-state index < -0.39 is 0 Å². The number of hydrogen-bond acceptors (Lipinski definition) is 5. The van der Waals surface area contributed by atoms with Crippen LogP contribution in [-0.4, -0.2) is 32.6 Å². The van der Waals surface area contributed by atoms with Gasteiger partial charge in [-0.3, -0.25) is 9.59 Å². The van der Waals surface area contributed by atoms with Gasteiger partial charge in [0.2, 0.25) is 0 Å². The third-order valence-electron chi connectivity index (χ3n) is 5.55. The van der Waals surface area contributed by atoms with E-state index in [4.69, 9.17) is 9.15 Å². The molecule has 0 unspecified atom stereocenters. The number of esters is 1. The number of furan rings is 1. The summed E-state index contributed by atoms with van der Waals surface area (Å²) < 4.78 is 16.1. The maximum Gasteiger partial charge on any atom is 0.305 e. The standard InChI is InChI=1S/C27H31NO5/c1-19-24(27(30)28-18-10-5-4-9-13-23(29)32-3)25(20-14-16-22(31-2)17-15-20)26(33-19)21-11-7-6-8-12-21/h6-8,11-12,14-17H,4-5,9-10,13,18H2,1-3H3,(H,28,30). The van der Waals surface area contributed by atoms with Crippen molar-refractivity contribution in [3.8, 4) is 28.2 Å². The predicted octanol–water partition coefficient (Wildman–Crippen LogP) is 5.78. The molecule has 2 aromatic carbocycles. The molecular formula is C27H31NO5. The second kappa shape index (κ2) is 11.9. The number of nitrogens with one attached hydrogen (secondary N) is 1. The number of amides is 1. The van der Waals surface area contributed by atoms with E-state index in [2.05, 4.69) is 10.1 Å². The molecule has 0 aliphatic rings. The normalized spacial score (nSPS) is 10.6. The second-order valence-electron chi connectivity index (χ2n) is 7.83. The van der Waals surface area contributed by atoms with Crippen LogP contribution >= 0.6 is 0 Å². The van der Waals surface area contributed by atoms with Crippen molar-refractivity contribution in [2.75, 3.05) is 20.8 Å². The van der Waals surface area contributed by atoms with Gasteiger partial charge in [0.25, 0.3) is 5.91 Å².